The fourth-order valence-corrected chi connectivity index (χ4v) is 3.00. The minimum absolute atomic E-state index is 0.142. The molecule has 3 aromatic rings. The van der Waals surface area contributed by atoms with E-state index in [-0.39, 0.29) is 5.78 Å². The van der Waals surface area contributed by atoms with Gasteiger partial charge in [0.15, 0.2) is 5.78 Å². The van der Waals surface area contributed by atoms with Crippen LogP contribution < -0.4 is 9.64 Å². The number of ether oxygens (including phenoxy) is 1. The zero-order valence-corrected chi connectivity index (χ0v) is 15.8. The molecule has 0 aliphatic rings. The first-order valence-corrected chi connectivity index (χ1v) is 9.31. The van der Waals surface area contributed by atoms with Crippen molar-refractivity contribution in [2.45, 2.75) is 26.3 Å². The van der Waals surface area contributed by atoms with Gasteiger partial charge in [-0.1, -0.05) is 36.4 Å². The summed E-state index contributed by atoms with van der Waals surface area (Å²) in [7, 11) is 0. The van der Waals surface area contributed by atoms with Crippen LogP contribution in [0.5, 0.6) is 11.5 Å². The van der Waals surface area contributed by atoms with E-state index in [1.807, 2.05) is 72.8 Å². The lowest BCUT2D eigenvalue weighted by Gasteiger charge is -2.28. The zero-order valence-electron chi connectivity index (χ0n) is 15.8. The maximum absolute atomic E-state index is 12.6. The Balaban J connectivity index is 1.60. The molecule has 0 aliphatic heterocycles. The van der Waals surface area contributed by atoms with Crippen molar-refractivity contribution < 1.29 is 9.53 Å². The van der Waals surface area contributed by atoms with Gasteiger partial charge < -0.3 is 9.64 Å². The number of para-hydroxylation sites is 2. The minimum atomic E-state index is 0.142. The van der Waals surface area contributed by atoms with Crippen molar-refractivity contribution in [3.8, 4) is 11.5 Å². The molecule has 3 aromatic carbocycles. The second-order valence-electron chi connectivity index (χ2n) is 6.74. The van der Waals surface area contributed by atoms with Crippen LogP contribution >= 0.6 is 0 Å². The van der Waals surface area contributed by atoms with E-state index >= 15 is 0 Å². The molecule has 0 saturated heterocycles. The molecule has 0 atom stereocenters. The third-order valence-electron chi connectivity index (χ3n) is 4.45. The summed E-state index contributed by atoms with van der Waals surface area (Å²) in [5, 5.41) is 0. The predicted octanol–water partition coefficient (Wildman–Crippen LogP) is 5.97. The number of anilines is 1. The summed E-state index contributed by atoms with van der Waals surface area (Å²) in [6.07, 6.45) is 0.478. The fraction of sp³-hybridized carbons (Fsp3) is 0.208. The highest BCUT2D eigenvalue weighted by atomic mass is 16.5. The number of ketones is 1. The van der Waals surface area contributed by atoms with E-state index in [0.717, 1.165) is 17.2 Å². The van der Waals surface area contributed by atoms with E-state index in [1.54, 1.807) is 0 Å². The van der Waals surface area contributed by atoms with Gasteiger partial charge in [0.2, 0.25) is 0 Å². The van der Waals surface area contributed by atoms with Gasteiger partial charge in [0.05, 0.1) is 0 Å². The van der Waals surface area contributed by atoms with Crippen LogP contribution in [-0.4, -0.2) is 18.4 Å². The van der Waals surface area contributed by atoms with Crippen LogP contribution in [0.3, 0.4) is 0 Å². The van der Waals surface area contributed by atoms with Crippen LogP contribution in [-0.2, 0) is 0 Å². The van der Waals surface area contributed by atoms with Crippen molar-refractivity contribution in [1.82, 2.24) is 0 Å². The van der Waals surface area contributed by atoms with Gasteiger partial charge in [-0.25, -0.2) is 0 Å². The Labute approximate surface area is 161 Å². The second kappa shape index (κ2) is 9.04. The molecule has 0 bridgehead atoms. The third kappa shape index (κ3) is 5.20. The molecule has 0 saturated carbocycles. The molecule has 138 valence electrons. The summed E-state index contributed by atoms with van der Waals surface area (Å²) in [5.41, 5.74) is 1.86. The fourth-order valence-electron chi connectivity index (χ4n) is 3.00. The summed E-state index contributed by atoms with van der Waals surface area (Å²) in [4.78, 5) is 14.9. The Kier molecular flexibility index (Phi) is 6.26. The van der Waals surface area contributed by atoms with Gasteiger partial charge in [-0.3, -0.25) is 4.79 Å². The highest BCUT2D eigenvalue weighted by Crippen LogP contribution is 2.22. The molecule has 3 nitrogen and oxygen atoms in total. The largest absolute Gasteiger partial charge is 0.457 e. The van der Waals surface area contributed by atoms with Crippen LogP contribution in [0.4, 0.5) is 5.69 Å². The Hall–Kier alpha value is -3.07. The molecule has 3 heteroatoms. The molecule has 0 unspecified atom stereocenters. The van der Waals surface area contributed by atoms with Crippen LogP contribution in [0.2, 0.25) is 0 Å². The Morgan fingerprint density at radius 1 is 0.815 bits per heavy atom. The number of nitrogens with zero attached hydrogens (tertiary/aromatic N) is 1. The maximum Gasteiger partial charge on any atom is 0.164 e. The molecule has 0 fully saturated rings. The van der Waals surface area contributed by atoms with Gasteiger partial charge in [0, 0.05) is 30.3 Å². The smallest absolute Gasteiger partial charge is 0.164 e. The molecular formula is C24H25NO2. The highest BCUT2D eigenvalue weighted by Gasteiger charge is 2.13. The lowest BCUT2D eigenvalue weighted by Crippen LogP contribution is -2.32. The number of carbonyl (C=O) groups is 1. The number of Topliss-reactive ketones (excluding diaryl/α,β-unsaturated/α-hetero) is 1. The van der Waals surface area contributed by atoms with E-state index in [9.17, 15) is 4.79 Å². The van der Waals surface area contributed by atoms with E-state index in [2.05, 4.69) is 30.9 Å². The second-order valence-corrected chi connectivity index (χ2v) is 6.74. The van der Waals surface area contributed by atoms with E-state index < -0.39 is 0 Å². The normalized spacial score (nSPS) is 10.6. The van der Waals surface area contributed by atoms with Crippen LogP contribution in [0.25, 0.3) is 0 Å². The molecule has 3 rings (SSSR count). The summed E-state index contributed by atoms with van der Waals surface area (Å²) in [6.45, 7) is 4.99. The average Bonchev–Trinajstić information content (AvgIpc) is 2.70. The van der Waals surface area contributed by atoms with Crippen LogP contribution in [0, 0.1) is 0 Å². The first-order chi connectivity index (χ1) is 13.1. The topological polar surface area (TPSA) is 29.5 Å². The van der Waals surface area contributed by atoms with Gasteiger partial charge in [0.1, 0.15) is 11.5 Å². The predicted molar refractivity (Wildman–Crippen MR) is 111 cm³/mol. The van der Waals surface area contributed by atoms with E-state index in [1.165, 1.54) is 0 Å². The first kappa shape index (κ1) is 18.7. The molecule has 0 aromatic heterocycles. The summed E-state index contributed by atoms with van der Waals surface area (Å²) < 4.78 is 5.78. The average molecular weight is 359 g/mol. The van der Waals surface area contributed by atoms with Gasteiger partial charge >= 0.3 is 0 Å². The van der Waals surface area contributed by atoms with Gasteiger partial charge in [-0.2, -0.15) is 0 Å². The van der Waals surface area contributed by atoms with Gasteiger partial charge in [-0.15, -0.1) is 0 Å². The van der Waals surface area contributed by atoms with Crippen molar-refractivity contribution in [3.63, 3.8) is 0 Å². The molecule has 27 heavy (non-hydrogen) atoms. The molecule has 0 radical (unpaired) electrons. The monoisotopic (exact) mass is 359 g/mol. The van der Waals surface area contributed by atoms with Crippen LogP contribution in [0.1, 0.15) is 30.6 Å². The Morgan fingerprint density at radius 3 is 1.96 bits per heavy atom. The Morgan fingerprint density at radius 2 is 1.37 bits per heavy atom. The van der Waals surface area contributed by atoms with Gasteiger partial charge in [0.25, 0.3) is 0 Å². The zero-order chi connectivity index (χ0) is 19.1. The van der Waals surface area contributed by atoms with Crippen molar-refractivity contribution >= 4 is 11.5 Å². The summed E-state index contributed by atoms with van der Waals surface area (Å²) in [6, 6.07) is 27.5. The molecular weight excluding hydrogens is 334 g/mol. The molecule has 0 amide bonds. The lowest BCUT2D eigenvalue weighted by molar-refractivity contribution is 0.0984. The first-order valence-electron chi connectivity index (χ1n) is 9.31. The lowest BCUT2D eigenvalue weighted by atomic mass is 10.1. The SMILES string of the molecule is CC(C)N(CCC(=O)c1ccc(Oc2ccccc2)cc1)c1ccccc1. The molecule has 0 N–H and O–H groups in total. The molecule has 0 aliphatic carbocycles. The third-order valence-corrected chi connectivity index (χ3v) is 4.45. The summed E-state index contributed by atoms with van der Waals surface area (Å²) >= 11 is 0. The van der Waals surface area contributed by atoms with Crippen LogP contribution in [0.15, 0.2) is 84.9 Å². The van der Waals surface area contributed by atoms with E-state index in [0.29, 0.717) is 24.6 Å². The van der Waals surface area contributed by atoms with E-state index in [4.69, 9.17) is 4.74 Å². The standard InChI is InChI=1S/C24H25NO2/c1-19(2)25(21-9-5-3-6-10-21)18-17-24(26)20-13-15-23(16-14-20)27-22-11-7-4-8-12-22/h3-16,19H,17-18H2,1-2H3. The van der Waals surface area contributed by atoms with Crippen molar-refractivity contribution in [3.05, 3.63) is 90.5 Å². The van der Waals surface area contributed by atoms with Crippen molar-refractivity contribution in [1.29, 1.82) is 0 Å². The molecule has 0 spiro atoms. The number of hydrogen-bond acceptors (Lipinski definition) is 3. The number of benzene rings is 3. The highest BCUT2D eigenvalue weighted by molar-refractivity contribution is 5.96. The summed E-state index contributed by atoms with van der Waals surface area (Å²) in [5.74, 6) is 1.65. The van der Waals surface area contributed by atoms with Gasteiger partial charge in [-0.05, 0) is 62.4 Å². The number of hydrogen-bond donors (Lipinski definition) is 0. The Bertz CT molecular complexity index is 843. The minimum Gasteiger partial charge on any atom is -0.457 e. The number of carbonyl (C=O) groups excluding carboxylic acids is 1. The molecule has 0 heterocycles. The van der Waals surface area contributed by atoms with Crippen molar-refractivity contribution in [2.75, 3.05) is 11.4 Å². The quantitative estimate of drug-likeness (QED) is 0.464. The van der Waals surface area contributed by atoms with Crippen molar-refractivity contribution in [2.24, 2.45) is 0 Å². The maximum atomic E-state index is 12.6. The number of rotatable bonds is 8.